The number of nitriles is 1. The van der Waals surface area contributed by atoms with Gasteiger partial charge in [-0.25, -0.2) is 0 Å². The summed E-state index contributed by atoms with van der Waals surface area (Å²) in [5.74, 6) is 0. The molecule has 0 N–H and O–H groups in total. The van der Waals surface area contributed by atoms with Crippen LogP contribution in [-0.4, -0.2) is 0 Å². The van der Waals surface area contributed by atoms with Gasteiger partial charge in [0.25, 0.3) is 0 Å². The van der Waals surface area contributed by atoms with Gasteiger partial charge in [-0.2, -0.15) is 31.6 Å². The van der Waals surface area contributed by atoms with Crippen molar-refractivity contribution in [3.05, 3.63) is 58.7 Å². The summed E-state index contributed by atoms with van der Waals surface area (Å²) in [4.78, 5) is 0. The SMILES string of the molecule is Cc1c(C#N)cccc1-c1cc(C(F)(F)F)cc(C(F)(F)F)c1. The summed E-state index contributed by atoms with van der Waals surface area (Å²) < 4.78 is 77.3. The van der Waals surface area contributed by atoms with E-state index in [9.17, 15) is 26.3 Å². The molecule has 0 spiro atoms. The molecule has 7 heteroatoms. The van der Waals surface area contributed by atoms with Gasteiger partial charge in [-0.3, -0.25) is 0 Å². The lowest BCUT2D eigenvalue weighted by molar-refractivity contribution is -0.143. The molecule has 0 aromatic heterocycles. The summed E-state index contributed by atoms with van der Waals surface area (Å²) in [5.41, 5.74) is -2.34. The van der Waals surface area contributed by atoms with Gasteiger partial charge in [0.15, 0.2) is 0 Å². The number of hydrogen-bond donors (Lipinski definition) is 0. The zero-order valence-electron chi connectivity index (χ0n) is 11.7. The third-order valence-electron chi connectivity index (χ3n) is 3.35. The lowest BCUT2D eigenvalue weighted by atomic mass is 9.94. The number of hydrogen-bond acceptors (Lipinski definition) is 1. The van der Waals surface area contributed by atoms with Crippen molar-refractivity contribution < 1.29 is 26.3 Å². The van der Waals surface area contributed by atoms with E-state index in [0.29, 0.717) is 17.7 Å². The Morgan fingerprint density at radius 1 is 0.870 bits per heavy atom. The molecule has 0 saturated heterocycles. The van der Waals surface area contributed by atoms with Gasteiger partial charge < -0.3 is 0 Å². The van der Waals surface area contributed by atoms with Crippen LogP contribution >= 0.6 is 0 Å². The Labute approximate surface area is 127 Å². The van der Waals surface area contributed by atoms with Crippen molar-refractivity contribution >= 4 is 0 Å². The van der Waals surface area contributed by atoms with E-state index in [2.05, 4.69) is 0 Å². The molecule has 0 aliphatic heterocycles. The predicted octanol–water partition coefficient (Wildman–Crippen LogP) is 5.57. The van der Waals surface area contributed by atoms with Gasteiger partial charge in [-0.15, -0.1) is 0 Å². The standard InChI is InChI=1S/C16H9F6N/c1-9-10(8-23)3-2-4-14(9)11-5-12(15(17,18)19)7-13(6-11)16(20,21)22/h2-7H,1H3. The zero-order chi connectivity index (χ0) is 17.4. The Morgan fingerprint density at radius 3 is 1.83 bits per heavy atom. The molecule has 0 atom stereocenters. The molecule has 0 unspecified atom stereocenters. The second kappa shape index (κ2) is 5.61. The molecule has 0 amide bonds. The molecule has 23 heavy (non-hydrogen) atoms. The molecule has 0 heterocycles. The molecular weight excluding hydrogens is 320 g/mol. The Kier molecular flexibility index (Phi) is 4.12. The van der Waals surface area contributed by atoms with Crippen molar-refractivity contribution in [2.45, 2.75) is 19.3 Å². The topological polar surface area (TPSA) is 23.8 Å². The van der Waals surface area contributed by atoms with Crippen LogP contribution in [0.15, 0.2) is 36.4 Å². The maximum Gasteiger partial charge on any atom is 0.416 e. The molecule has 1 nitrogen and oxygen atoms in total. The van der Waals surface area contributed by atoms with Crippen LogP contribution in [-0.2, 0) is 12.4 Å². The first kappa shape index (κ1) is 16.9. The molecular formula is C16H9F6N. The van der Waals surface area contributed by atoms with Crippen LogP contribution in [0.5, 0.6) is 0 Å². The lowest BCUT2D eigenvalue weighted by Crippen LogP contribution is -2.11. The highest BCUT2D eigenvalue weighted by atomic mass is 19.4. The Hall–Kier alpha value is -2.49. The van der Waals surface area contributed by atoms with Crippen LogP contribution < -0.4 is 0 Å². The van der Waals surface area contributed by atoms with E-state index < -0.39 is 23.5 Å². The average molecular weight is 329 g/mol. The highest BCUT2D eigenvalue weighted by Crippen LogP contribution is 2.39. The van der Waals surface area contributed by atoms with Crippen molar-refractivity contribution in [2.75, 3.05) is 0 Å². The summed E-state index contributed by atoms with van der Waals surface area (Å²) in [5, 5.41) is 8.95. The van der Waals surface area contributed by atoms with Gasteiger partial charge in [-0.1, -0.05) is 12.1 Å². The average Bonchev–Trinajstić information content (AvgIpc) is 2.45. The minimum absolute atomic E-state index is 0.0764. The van der Waals surface area contributed by atoms with Gasteiger partial charge in [0.05, 0.1) is 22.8 Å². The first-order chi connectivity index (χ1) is 10.5. The molecule has 2 aromatic rings. The van der Waals surface area contributed by atoms with E-state index in [4.69, 9.17) is 5.26 Å². The normalized spacial score (nSPS) is 12.1. The lowest BCUT2D eigenvalue weighted by Gasteiger charge is -2.15. The molecule has 0 aliphatic carbocycles. The monoisotopic (exact) mass is 329 g/mol. The number of halogens is 6. The molecule has 2 rings (SSSR count). The van der Waals surface area contributed by atoms with E-state index in [1.165, 1.54) is 25.1 Å². The molecule has 0 fully saturated rings. The molecule has 0 bridgehead atoms. The van der Waals surface area contributed by atoms with E-state index in [1.54, 1.807) is 0 Å². The zero-order valence-corrected chi connectivity index (χ0v) is 11.7. The third kappa shape index (κ3) is 3.47. The quantitative estimate of drug-likeness (QED) is 0.627. The van der Waals surface area contributed by atoms with Crippen molar-refractivity contribution in [1.82, 2.24) is 0 Å². The van der Waals surface area contributed by atoms with Gasteiger partial charge in [0.2, 0.25) is 0 Å². The van der Waals surface area contributed by atoms with Crippen LogP contribution in [0.1, 0.15) is 22.3 Å². The number of nitrogens with zero attached hydrogens (tertiary/aromatic N) is 1. The minimum atomic E-state index is -4.91. The summed E-state index contributed by atoms with van der Waals surface area (Å²) in [7, 11) is 0. The van der Waals surface area contributed by atoms with Gasteiger partial charge in [0.1, 0.15) is 0 Å². The molecule has 0 radical (unpaired) electrons. The second-order valence-electron chi connectivity index (χ2n) is 4.88. The van der Waals surface area contributed by atoms with Crippen LogP contribution in [0, 0.1) is 18.3 Å². The fourth-order valence-electron chi connectivity index (χ4n) is 2.18. The maximum absolute atomic E-state index is 12.9. The van der Waals surface area contributed by atoms with Gasteiger partial charge in [-0.05, 0) is 47.9 Å². The van der Waals surface area contributed by atoms with Crippen LogP contribution in [0.2, 0.25) is 0 Å². The Balaban J connectivity index is 2.75. The molecule has 120 valence electrons. The largest absolute Gasteiger partial charge is 0.416 e. The smallest absolute Gasteiger partial charge is 0.192 e. The van der Waals surface area contributed by atoms with Crippen molar-refractivity contribution in [3.63, 3.8) is 0 Å². The van der Waals surface area contributed by atoms with Crippen LogP contribution in [0.25, 0.3) is 11.1 Å². The first-order valence-electron chi connectivity index (χ1n) is 6.33. The van der Waals surface area contributed by atoms with Crippen LogP contribution in [0.4, 0.5) is 26.3 Å². The third-order valence-corrected chi connectivity index (χ3v) is 3.35. The predicted molar refractivity (Wildman–Crippen MR) is 71.3 cm³/mol. The van der Waals surface area contributed by atoms with E-state index >= 15 is 0 Å². The number of alkyl halides is 6. The molecule has 0 aliphatic rings. The maximum atomic E-state index is 12.9. The summed E-state index contributed by atoms with van der Waals surface area (Å²) in [6, 6.07) is 7.46. The molecule has 2 aromatic carbocycles. The summed E-state index contributed by atoms with van der Waals surface area (Å²) >= 11 is 0. The minimum Gasteiger partial charge on any atom is -0.192 e. The van der Waals surface area contributed by atoms with Crippen molar-refractivity contribution in [3.8, 4) is 17.2 Å². The van der Waals surface area contributed by atoms with Crippen molar-refractivity contribution in [2.24, 2.45) is 0 Å². The summed E-state index contributed by atoms with van der Waals surface area (Å²) in [6.07, 6.45) is -9.81. The Bertz CT molecular complexity index is 748. The Morgan fingerprint density at radius 2 is 1.39 bits per heavy atom. The highest BCUT2D eigenvalue weighted by molar-refractivity contribution is 5.71. The summed E-state index contributed by atoms with van der Waals surface area (Å²) in [6.45, 7) is 1.47. The van der Waals surface area contributed by atoms with E-state index in [-0.39, 0.29) is 22.8 Å². The molecule has 0 saturated carbocycles. The first-order valence-corrected chi connectivity index (χ1v) is 6.33. The van der Waals surface area contributed by atoms with Gasteiger partial charge >= 0.3 is 12.4 Å². The van der Waals surface area contributed by atoms with E-state index in [0.717, 1.165) is 0 Å². The second-order valence-corrected chi connectivity index (χ2v) is 4.88. The van der Waals surface area contributed by atoms with Crippen LogP contribution in [0.3, 0.4) is 0 Å². The van der Waals surface area contributed by atoms with Crippen molar-refractivity contribution in [1.29, 1.82) is 5.26 Å². The fourth-order valence-corrected chi connectivity index (χ4v) is 2.18. The number of rotatable bonds is 1. The number of benzene rings is 2. The fraction of sp³-hybridized carbons (Fsp3) is 0.188. The van der Waals surface area contributed by atoms with E-state index in [1.807, 2.05) is 6.07 Å². The van der Waals surface area contributed by atoms with Gasteiger partial charge in [0, 0.05) is 0 Å². The highest BCUT2D eigenvalue weighted by Gasteiger charge is 2.37.